The van der Waals surface area contributed by atoms with E-state index < -0.39 is 53.2 Å². The van der Waals surface area contributed by atoms with Crippen LogP contribution in [0, 0.1) is 0 Å². The molecule has 1 aliphatic heterocycles. The van der Waals surface area contributed by atoms with Crippen LogP contribution in [-0.2, 0) is 22.7 Å². The molecule has 1 amide bonds. The van der Waals surface area contributed by atoms with Gasteiger partial charge in [-0.15, -0.1) is 13.2 Å². The number of nitrogens with zero attached hydrogens (tertiary/aromatic N) is 2. The standard InChI is InChI=1S/C27H20F9N3O2/c1-24(2,17-8-11-22(37-14-17)26(31,32)33)38-20-13-21(15-4-3-5-19(12-15)41-27(34,35)36)39(23(20)40)18-9-6-16(7-10-18)25(28,29)30/h3-14,21,38H,1-2H3. The smallest absolute Gasteiger partial charge is 0.406 e. The molecule has 5 nitrogen and oxygen atoms in total. The van der Waals surface area contributed by atoms with Crippen LogP contribution in [0.25, 0.3) is 0 Å². The van der Waals surface area contributed by atoms with Gasteiger partial charge in [-0.3, -0.25) is 14.7 Å². The number of halogens is 9. The molecule has 1 atom stereocenters. The van der Waals surface area contributed by atoms with Crippen LogP contribution in [0.5, 0.6) is 5.75 Å². The number of hydrogen-bond donors (Lipinski definition) is 1. The Morgan fingerprint density at radius 2 is 1.46 bits per heavy atom. The summed E-state index contributed by atoms with van der Waals surface area (Å²) in [5.41, 5.74) is -2.95. The monoisotopic (exact) mass is 589 g/mol. The Hall–Kier alpha value is -4.23. The Kier molecular flexibility index (Phi) is 7.48. The largest absolute Gasteiger partial charge is 0.573 e. The molecule has 2 heterocycles. The summed E-state index contributed by atoms with van der Waals surface area (Å²) in [6, 6.07) is 9.20. The zero-order chi connectivity index (χ0) is 30.4. The van der Waals surface area contributed by atoms with Crippen molar-refractivity contribution in [2.24, 2.45) is 0 Å². The molecular weight excluding hydrogens is 569 g/mol. The molecule has 1 aliphatic rings. The normalized spacial score (nSPS) is 16.6. The summed E-state index contributed by atoms with van der Waals surface area (Å²) in [7, 11) is 0. The van der Waals surface area contributed by atoms with E-state index in [1.54, 1.807) is 13.8 Å². The highest BCUT2D eigenvalue weighted by Crippen LogP contribution is 2.39. The van der Waals surface area contributed by atoms with Gasteiger partial charge in [-0.25, -0.2) is 0 Å². The fourth-order valence-electron chi connectivity index (χ4n) is 4.22. The number of pyridine rings is 1. The summed E-state index contributed by atoms with van der Waals surface area (Å²) in [5, 5.41) is 2.92. The lowest BCUT2D eigenvalue weighted by Crippen LogP contribution is -2.40. The van der Waals surface area contributed by atoms with Crippen LogP contribution in [-0.4, -0.2) is 17.3 Å². The molecule has 0 aliphatic carbocycles. The minimum atomic E-state index is -5.00. The van der Waals surface area contributed by atoms with E-state index in [2.05, 4.69) is 15.0 Å². The summed E-state index contributed by atoms with van der Waals surface area (Å²) in [6.45, 7) is 3.11. The molecule has 1 aromatic heterocycles. The molecule has 2 aromatic carbocycles. The third-order valence-corrected chi connectivity index (χ3v) is 6.18. The quantitative estimate of drug-likeness (QED) is 0.303. The van der Waals surface area contributed by atoms with Gasteiger partial charge in [0, 0.05) is 11.9 Å². The molecule has 0 bridgehead atoms. The highest BCUT2D eigenvalue weighted by atomic mass is 19.4. The average Bonchev–Trinajstić information content (AvgIpc) is 3.17. The third-order valence-electron chi connectivity index (χ3n) is 6.18. The Morgan fingerprint density at radius 3 is 2.00 bits per heavy atom. The molecule has 3 aromatic rings. The van der Waals surface area contributed by atoms with E-state index >= 15 is 0 Å². The van der Waals surface area contributed by atoms with Gasteiger partial charge in [-0.1, -0.05) is 18.2 Å². The second-order valence-corrected chi connectivity index (χ2v) is 9.55. The predicted octanol–water partition coefficient (Wildman–Crippen LogP) is 7.51. The van der Waals surface area contributed by atoms with Crippen molar-refractivity contribution in [1.29, 1.82) is 0 Å². The van der Waals surface area contributed by atoms with Crippen LogP contribution in [0.15, 0.2) is 78.6 Å². The first-order valence-corrected chi connectivity index (χ1v) is 11.8. The number of nitrogens with one attached hydrogen (secondary N) is 1. The van der Waals surface area contributed by atoms with Gasteiger partial charge in [0.25, 0.3) is 5.91 Å². The number of benzene rings is 2. The summed E-state index contributed by atoms with van der Waals surface area (Å²) in [4.78, 5) is 18.1. The molecule has 41 heavy (non-hydrogen) atoms. The molecule has 0 saturated heterocycles. The Balaban J connectivity index is 1.72. The topological polar surface area (TPSA) is 54.5 Å². The van der Waals surface area contributed by atoms with Crippen molar-refractivity contribution in [3.63, 3.8) is 0 Å². The number of amides is 1. The molecule has 218 valence electrons. The van der Waals surface area contributed by atoms with Crippen molar-refractivity contribution in [3.8, 4) is 5.75 Å². The second-order valence-electron chi connectivity index (χ2n) is 9.55. The second kappa shape index (κ2) is 10.3. The molecule has 1 unspecified atom stereocenters. The molecule has 1 N–H and O–H groups in total. The Morgan fingerprint density at radius 1 is 0.829 bits per heavy atom. The fraction of sp³-hybridized carbons (Fsp3) is 0.259. The van der Waals surface area contributed by atoms with Crippen molar-refractivity contribution in [2.75, 3.05) is 4.90 Å². The van der Waals surface area contributed by atoms with E-state index in [0.717, 1.165) is 53.6 Å². The molecule has 0 fully saturated rings. The van der Waals surface area contributed by atoms with E-state index in [4.69, 9.17) is 0 Å². The zero-order valence-electron chi connectivity index (χ0n) is 21.1. The lowest BCUT2D eigenvalue weighted by Gasteiger charge is -2.29. The van der Waals surface area contributed by atoms with E-state index in [1.807, 2.05) is 0 Å². The highest BCUT2D eigenvalue weighted by molar-refractivity contribution is 6.09. The SMILES string of the molecule is CC(C)(NC1=CC(c2cccc(OC(F)(F)F)c2)N(c2ccc(C(F)(F)F)cc2)C1=O)c1ccc(C(F)(F)F)nc1. The van der Waals surface area contributed by atoms with Gasteiger partial charge < -0.3 is 10.1 Å². The lowest BCUT2D eigenvalue weighted by atomic mass is 9.95. The highest BCUT2D eigenvalue weighted by Gasteiger charge is 2.39. The number of aromatic nitrogens is 1. The van der Waals surface area contributed by atoms with Crippen molar-refractivity contribution in [1.82, 2.24) is 10.3 Å². The number of rotatable bonds is 6. The number of anilines is 1. The maximum absolute atomic E-state index is 13.6. The first kappa shape index (κ1) is 29.7. The van der Waals surface area contributed by atoms with Crippen LogP contribution in [0.4, 0.5) is 45.2 Å². The van der Waals surface area contributed by atoms with Crippen molar-refractivity contribution in [3.05, 3.63) is 101 Å². The van der Waals surface area contributed by atoms with Crippen molar-refractivity contribution < 1.29 is 49.0 Å². The number of carbonyl (C=O) groups is 1. The molecular formula is C27H20F9N3O2. The zero-order valence-corrected chi connectivity index (χ0v) is 21.1. The van der Waals surface area contributed by atoms with Crippen molar-refractivity contribution >= 4 is 11.6 Å². The summed E-state index contributed by atoms with van der Waals surface area (Å²) in [6.07, 6.45) is -12.0. The summed E-state index contributed by atoms with van der Waals surface area (Å²) in [5.74, 6) is -1.33. The van der Waals surface area contributed by atoms with Crippen LogP contribution in [0.3, 0.4) is 0 Å². The summed E-state index contributed by atoms with van der Waals surface area (Å²) < 4.78 is 121. The van der Waals surface area contributed by atoms with Crippen LogP contribution in [0.1, 0.15) is 42.3 Å². The first-order chi connectivity index (χ1) is 18.8. The van der Waals surface area contributed by atoms with Gasteiger partial charge >= 0.3 is 18.7 Å². The molecule has 14 heteroatoms. The van der Waals surface area contributed by atoms with Gasteiger partial charge in [0.05, 0.1) is 22.8 Å². The Bertz CT molecular complexity index is 1440. The van der Waals surface area contributed by atoms with Crippen LogP contribution >= 0.6 is 0 Å². The summed E-state index contributed by atoms with van der Waals surface area (Å²) >= 11 is 0. The van der Waals surface area contributed by atoms with E-state index in [-0.39, 0.29) is 22.5 Å². The lowest BCUT2D eigenvalue weighted by molar-refractivity contribution is -0.274. The number of alkyl halides is 9. The number of hydrogen-bond acceptors (Lipinski definition) is 4. The van der Waals surface area contributed by atoms with Gasteiger partial charge in [-0.05, 0) is 73.5 Å². The van der Waals surface area contributed by atoms with E-state index in [9.17, 15) is 44.3 Å². The molecule has 0 spiro atoms. The van der Waals surface area contributed by atoms with Crippen LogP contribution in [0.2, 0.25) is 0 Å². The first-order valence-electron chi connectivity index (χ1n) is 11.8. The minimum Gasteiger partial charge on any atom is -0.406 e. The number of ether oxygens (including phenoxy) is 1. The molecule has 4 rings (SSSR count). The minimum absolute atomic E-state index is 0.0113. The number of carbonyl (C=O) groups excluding carboxylic acids is 1. The van der Waals surface area contributed by atoms with Gasteiger partial charge in [0.1, 0.15) is 11.4 Å². The maximum Gasteiger partial charge on any atom is 0.573 e. The van der Waals surface area contributed by atoms with E-state index in [0.29, 0.717) is 0 Å². The van der Waals surface area contributed by atoms with Gasteiger partial charge in [0.15, 0.2) is 0 Å². The van der Waals surface area contributed by atoms with Crippen molar-refractivity contribution in [2.45, 2.75) is 44.1 Å². The average molecular weight is 589 g/mol. The van der Waals surface area contributed by atoms with Gasteiger partial charge in [-0.2, -0.15) is 26.3 Å². The van der Waals surface area contributed by atoms with Gasteiger partial charge in [0.2, 0.25) is 0 Å². The predicted molar refractivity (Wildman–Crippen MR) is 128 cm³/mol. The molecule has 0 saturated carbocycles. The fourth-order valence-corrected chi connectivity index (χ4v) is 4.22. The third kappa shape index (κ3) is 6.74. The van der Waals surface area contributed by atoms with E-state index in [1.165, 1.54) is 24.3 Å². The Labute approximate surface area is 227 Å². The van der Waals surface area contributed by atoms with Crippen LogP contribution < -0.4 is 15.0 Å². The molecule has 0 radical (unpaired) electrons. The maximum atomic E-state index is 13.6.